The summed E-state index contributed by atoms with van der Waals surface area (Å²) in [7, 11) is 0. The van der Waals surface area contributed by atoms with Crippen molar-refractivity contribution in [1.29, 1.82) is 0 Å². The lowest BCUT2D eigenvalue weighted by Gasteiger charge is -2.32. The van der Waals surface area contributed by atoms with Gasteiger partial charge in [-0.05, 0) is 48.1 Å². The van der Waals surface area contributed by atoms with E-state index in [0.717, 1.165) is 37.9 Å². The molecule has 1 heterocycles. The molecule has 0 bridgehead atoms. The summed E-state index contributed by atoms with van der Waals surface area (Å²) in [5.74, 6) is -0.119. The molecule has 1 saturated heterocycles. The van der Waals surface area contributed by atoms with Gasteiger partial charge >= 0.3 is 0 Å². The van der Waals surface area contributed by atoms with Gasteiger partial charge in [-0.15, -0.1) is 0 Å². The van der Waals surface area contributed by atoms with Gasteiger partial charge in [0.25, 0.3) is 0 Å². The van der Waals surface area contributed by atoms with Crippen molar-refractivity contribution in [3.63, 3.8) is 0 Å². The summed E-state index contributed by atoms with van der Waals surface area (Å²) >= 11 is 6.01. The third-order valence-electron chi connectivity index (χ3n) is 6.11. The van der Waals surface area contributed by atoms with Gasteiger partial charge < -0.3 is 15.5 Å². The molecule has 1 aliphatic heterocycles. The Hall–Kier alpha value is -2.37. The monoisotopic (exact) mass is 425 g/mol. The summed E-state index contributed by atoms with van der Waals surface area (Å²) < 4.78 is 0. The molecule has 6 heteroatoms. The highest BCUT2D eigenvalue weighted by atomic mass is 35.5. The van der Waals surface area contributed by atoms with Crippen LogP contribution < -0.4 is 10.6 Å². The van der Waals surface area contributed by atoms with Crippen LogP contribution in [0.1, 0.15) is 23.1 Å². The molecule has 5 nitrogen and oxygen atoms in total. The molecular formula is C24H28ClN3O2. The molecule has 2 N–H and O–H groups in total. The summed E-state index contributed by atoms with van der Waals surface area (Å²) in [6, 6.07) is 15.2. The fraction of sp³-hybridized carbons (Fsp3) is 0.417. The lowest BCUT2D eigenvalue weighted by Crippen LogP contribution is -2.55. The number of carbonyl (C=O) groups is 2. The van der Waals surface area contributed by atoms with Gasteiger partial charge in [0.15, 0.2) is 0 Å². The van der Waals surface area contributed by atoms with Crippen LogP contribution in [0, 0.1) is 5.92 Å². The number of hydrogen-bond donors (Lipinski definition) is 2. The van der Waals surface area contributed by atoms with E-state index in [0.29, 0.717) is 24.5 Å². The molecule has 2 unspecified atom stereocenters. The third-order valence-corrected chi connectivity index (χ3v) is 6.37. The Morgan fingerprint density at radius 3 is 2.50 bits per heavy atom. The SMILES string of the molecule is O=C(NC(Cc1ccc(Cl)cc1)C(=O)N1CCNCC1)C1CCc2ccccc2C1. The summed E-state index contributed by atoms with van der Waals surface area (Å²) in [6.45, 7) is 2.91. The van der Waals surface area contributed by atoms with Crippen LogP contribution in [0.15, 0.2) is 48.5 Å². The van der Waals surface area contributed by atoms with E-state index in [1.54, 1.807) is 0 Å². The first-order valence-electron chi connectivity index (χ1n) is 10.7. The van der Waals surface area contributed by atoms with Gasteiger partial charge in [0, 0.05) is 43.5 Å². The van der Waals surface area contributed by atoms with E-state index in [1.165, 1.54) is 11.1 Å². The van der Waals surface area contributed by atoms with Crippen LogP contribution in [-0.4, -0.2) is 48.9 Å². The number of rotatable bonds is 5. The minimum atomic E-state index is -0.561. The molecule has 2 aromatic rings. The summed E-state index contributed by atoms with van der Waals surface area (Å²) in [4.78, 5) is 28.2. The summed E-state index contributed by atoms with van der Waals surface area (Å²) in [5, 5.41) is 7.03. The number of nitrogens with one attached hydrogen (secondary N) is 2. The fourth-order valence-electron chi connectivity index (χ4n) is 4.37. The number of carbonyl (C=O) groups excluding carboxylic acids is 2. The Labute approximate surface area is 182 Å². The minimum Gasteiger partial charge on any atom is -0.344 e. The average molecular weight is 426 g/mol. The van der Waals surface area contributed by atoms with Crippen molar-refractivity contribution in [2.45, 2.75) is 31.7 Å². The number of amides is 2. The van der Waals surface area contributed by atoms with E-state index in [4.69, 9.17) is 11.6 Å². The number of aryl methyl sites for hydroxylation is 1. The van der Waals surface area contributed by atoms with Crippen LogP contribution >= 0.6 is 11.6 Å². The van der Waals surface area contributed by atoms with Crippen LogP contribution in [-0.2, 0) is 28.9 Å². The molecular weight excluding hydrogens is 398 g/mol. The van der Waals surface area contributed by atoms with Crippen molar-refractivity contribution in [3.8, 4) is 0 Å². The summed E-state index contributed by atoms with van der Waals surface area (Å²) in [6.07, 6.45) is 2.92. The first-order chi connectivity index (χ1) is 14.6. The zero-order chi connectivity index (χ0) is 20.9. The Kier molecular flexibility index (Phi) is 6.70. The highest BCUT2D eigenvalue weighted by Crippen LogP contribution is 2.25. The predicted molar refractivity (Wildman–Crippen MR) is 118 cm³/mol. The summed E-state index contributed by atoms with van der Waals surface area (Å²) in [5.41, 5.74) is 3.56. The topological polar surface area (TPSA) is 61.4 Å². The quantitative estimate of drug-likeness (QED) is 0.774. The third kappa shape index (κ3) is 5.02. The van der Waals surface area contributed by atoms with Crippen molar-refractivity contribution in [2.75, 3.05) is 26.2 Å². The molecule has 4 rings (SSSR count). The van der Waals surface area contributed by atoms with Gasteiger partial charge in [-0.3, -0.25) is 9.59 Å². The molecule has 1 aliphatic carbocycles. The van der Waals surface area contributed by atoms with Crippen LogP contribution in [0.4, 0.5) is 0 Å². The van der Waals surface area contributed by atoms with E-state index < -0.39 is 6.04 Å². The van der Waals surface area contributed by atoms with Gasteiger partial charge in [0.1, 0.15) is 6.04 Å². The van der Waals surface area contributed by atoms with Gasteiger partial charge in [-0.1, -0.05) is 48.0 Å². The van der Waals surface area contributed by atoms with E-state index in [-0.39, 0.29) is 17.7 Å². The number of piperazine rings is 1. The Morgan fingerprint density at radius 1 is 1.07 bits per heavy atom. The van der Waals surface area contributed by atoms with Gasteiger partial charge in [-0.2, -0.15) is 0 Å². The van der Waals surface area contributed by atoms with Gasteiger partial charge in [0.05, 0.1) is 0 Å². The molecule has 0 radical (unpaired) electrons. The molecule has 30 heavy (non-hydrogen) atoms. The van der Waals surface area contributed by atoms with E-state index in [2.05, 4.69) is 22.8 Å². The second-order valence-corrected chi connectivity index (χ2v) is 8.61. The Morgan fingerprint density at radius 2 is 1.77 bits per heavy atom. The molecule has 2 atom stereocenters. The number of benzene rings is 2. The smallest absolute Gasteiger partial charge is 0.245 e. The van der Waals surface area contributed by atoms with Crippen LogP contribution in [0.25, 0.3) is 0 Å². The highest BCUT2D eigenvalue weighted by Gasteiger charge is 2.31. The number of nitrogens with zero attached hydrogens (tertiary/aromatic N) is 1. The molecule has 2 aliphatic rings. The lowest BCUT2D eigenvalue weighted by molar-refractivity contribution is -0.138. The van der Waals surface area contributed by atoms with Crippen LogP contribution in [0.5, 0.6) is 0 Å². The second-order valence-electron chi connectivity index (χ2n) is 8.18. The number of hydrogen-bond acceptors (Lipinski definition) is 3. The predicted octanol–water partition coefficient (Wildman–Crippen LogP) is 2.60. The van der Waals surface area contributed by atoms with Gasteiger partial charge in [-0.25, -0.2) is 0 Å². The maximum Gasteiger partial charge on any atom is 0.245 e. The Bertz CT molecular complexity index is 894. The molecule has 1 fully saturated rings. The molecule has 2 amide bonds. The maximum absolute atomic E-state index is 13.2. The van der Waals surface area contributed by atoms with E-state index in [9.17, 15) is 9.59 Å². The van der Waals surface area contributed by atoms with Gasteiger partial charge in [0.2, 0.25) is 11.8 Å². The van der Waals surface area contributed by atoms with Crippen molar-refractivity contribution in [3.05, 3.63) is 70.2 Å². The number of halogens is 1. The zero-order valence-corrected chi connectivity index (χ0v) is 17.8. The van der Waals surface area contributed by atoms with Crippen molar-refractivity contribution in [1.82, 2.24) is 15.5 Å². The Balaban J connectivity index is 1.47. The maximum atomic E-state index is 13.2. The van der Waals surface area contributed by atoms with Crippen molar-refractivity contribution in [2.24, 2.45) is 5.92 Å². The molecule has 0 spiro atoms. The normalized spacial score (nSPS) is 19.6. The largest absolute Gasteiger partial charge is 0.344 e. The fourth-order valence-corrected chi connectivity index (χ4v) is 4.50. The first kappa shape index (κ1) is 20.9. The molecule has 0 aromatic heterocycles. The average Bonchev–Trinajstić information content (AvgIpc) is 2.79. The van der Waals surface area contributed by atoms with Crippen molar-refractivity contribution < 1.29 is 9.59 Å². The first-order valence-corrected chi connectivity index (χ1v) is 11.1. The standard InChI is InChI=1S/C24H28ClN3O2/c25-21-9-5-17(6-10-21)15-22(24(30)28-13-11-26-12-14-28)27-23(29)20-8-7-18-3-1-2-4-19(18)16-20/h1-6,9-10,20,22,26H,7-8,11-16H2,(H,27,29). The second kappa shape index (κ2) is 9.63. The van der Waals surface area contributed by atoms with Crippen LogP contribution in [0.2, 0.25) is 5.02 Å². The molecule has 2 aromatic carbocycles. The zero-order valence-electron chi connectivity index (χ0n) is 17.1. The van der Waals surface area contributed by atoms with E-state index in [1.807, 2.05) is 41.3 Å². The van der Waals surface area contributed by atoms with Crippen LogP contribution in [0.3, 0.4) is 0 Å². The van der Waals surface area contributed by atoms with E-state index >= 15 is 0 Å². The minimum absolute atomic E-state index is 0.00369. The molecule has 0 saturated carbocycles. The highest BCUT2D eigenvalue weighted by molar-refractivity contribution is 6.30. The lowest BCUT2D eigenvalue weighted by atomic mass is 9.83. The van der Waals surface area contributed by atoms with Crippen molar-refractivity contribution >= 4 is 23.4 Å². The molecule has 158 valence electrons. The number of fused-ring (bicyclic) bond motifs is 1.